The summed E-state index contributed by atoms with van der Waals surface area (Å²) in [6, 6.07) is 56.0. The largest absolute Gasteiger partial charge is 0.560 e. The molecule has 38 nitrogen and oxygen atoms in total. The number of hydroxylamine groups is 6. The number of hydrogen-bond acceptors (Lipinski definition) is 35. The highest BCUT2D eigenvalue weighted by atomic mass is 35.5. The Morgan fingerprint density at radius 3 is 1.18 bits per heavy atom. The van der Waals surface area contributed by atoms with Crippen LogP contribution in [0.25, 0.3) is 0 Å². The SMILES string of the molecule is CC(COC(=O)c1ccccc1)OC(=O)ON1C(=O)CCC1=O.CC(O)CO.CC(O)COC(=O)c1ccccc1.CCN(C(=O)OC(C)COC(=O)c1ccccc1)[C@H]1C[C@H](C)S(=O)(=O)c2sc(S(N)(=O)=O)cc21.CCN[C@H]1C[C@H](C)S(=O)(=O)c2sc(S(=O)(=O)C[Si](c3ccccc3)(c3ccccc3)C(C)(C)C)cc21.O=C(Cl)c1ccccc1.O=C(ON1C(=O)CCC1=O)ON1C(=O)CCC1=O. The number of nitrogens with one attached hydrogen (secondary N) is 1. The number of aliphatic hydroxyl groups excluding tert-OH is 3. The Balaban J connectivity index is 0.000000234. The third-order valence-electron chi connectivity index (χ3n) is 20.8. The molecule has 0 saturated carbocycles. The molecule has 6 N–H and O–H groups in total. The predicted octanol–water partition coefficient (Wildman–Crippen LogP) is 10.4. The predicted molar refractivity (Wildman–Crippen MR) is 505 cm³/mol. The summed E-state index contributed by atoms with van der Waals surface area (Å²) >= 11 is 6.68. The average Bonchev–Trinajstić information content (AvgIpc) is 1.31. The summed E-state index contributed by atoms with van der Waals surface area (Å²) in [5.41, 5.74) is 2.58. The standard InChI is InChI=1S/C27H35NO4S3Si.C21H26N2O8S3.C15H15NO7.C10H12O3.C9H8N2O7.C7H5ClO.C3H8O2/c1-6-28-24-17-20(2)35(31,32)26-23(24)18-25(33-26)34(29,30)19-36(27(3,4)5,21-13-9-7-10-14-21)22-15-11-8-12-16-22;1-4-23(21(25)31-13(2)12-30-19(24)15-8-6-5-7-9-15)17-10-14(3)33(26,27)20-16(17)11-18(32-20)34(22,28)29;1-10(9-21-14(19)11-5-3-2-4-6-11)22-15(20)23-16-12(17)7-8-13(16)18;1-8(11)7-13-10(12)9-5-3-2-4-6-9;12-5-1-2-6(13)10(5)17-9(16)18-11-7(14)3-4-8(11)15;8-7(9)6-4-2-1-3-5-6;1-3(5)2-4/h7-16,18,20,24,28H,6,17,19H2,1-5H3;5-9,11,13-14,17H,4,10,12H2,1-3H3,(H2,22,28,29);2-6,10H,7-9H2,1H3;2-6,8,11H,7H2,1H3;1-4H2;1-5H;3-5H,2H2,1H3/t20-,24-;13?,14-,17-;;;;;/m00...../s1. The van der Waals surface area contributed by atoms with Crippen molar-refractivity contribution < 1.29 is 150 Å². The van der Waals surface area contributed by atoms with E-state index in [4.69, 9.17) is 55.7 Å². The van der Waals surface area contributed by atoms with Crippen LogP contribution in [0, 0.1) is 0 Å². The monoisotopic (exact) mass is 2060 g/mol. The Labute approximate surface area is 812 Å². The van der Waals surface area contributed by atoms with Gasteiger partial charge in [0.1, 0.15) is 56.9 Å². The highest BCUT2D eigenvalue weighted by Crippen LogP contribution is 2.47. The van der Waals surface area contributed by atoms with Crippen LogP contribution in [0.3, 0.4) is 0 Å². The van der Waals surface area contributed by atoms with Gasteiger partial charge in [0.15, 0.2) is 29.5 Å². The number of carbonyl (C=O) groups excluding carboxylic acids is 13. The molecule has 138 heavy (non-hydrogen) atoms. The molecule has 7 amide bonds. The molecule has 746 valence electrons. The maximum Gasteiger partial charge on any atom is 0.560 e. The maximum atomic E-state index is 14.2. The molecule has 0 spiro atoms. The zero-order valence-corrected chi connectivity index (χ0v) is 83.7. The molecule has 0 aliphatic carbocycles. The number of nitrogens with zero attached hydrogens (tertiary/aromatic N) is 4. The zero-order chi connectivity index (χ0) is 102. The van der Waals surface area contributed by atoms with Gasteiger partial charge in [0.2, 0.25) is 10.0 Å². The smallest absolute Gasteiger partial charge is 0.459 e. The van der Waals surface area contributed by atoms with Crippen LogP contribution in [0.1, 0.15) is 192 Å². The molecular weight excluding hydrogens is 1960 g/mol. The quantitative estimate of drug-likeness (QED) is 0.0111. The van der Waals surface area contributed by atoms with Crippen molar-refractivity contribution in [2.45, 2.75) is 196 Å². The van der Waals surface area contributed by atoms with E-state index in [0.717, 1.165) is 21.7 Å². The normalized spacial score (nSPS) is 17.6. The minimum atomic E-state index is -4.13. The summed E-state index contributed by atoms with van der Waals surface area (Å²) in [7, 11) is -18.2. The van der Waals surface area contributed by atoms with Crippen molar-refractivity contribution in [1.29, 1.82) is 0 Å². The minimum absolute atomic E-state index is 0.00362. The Hall–Kier alpha value is -11.9. The van der Waals surface area contributed by atoms with Crippen molar-refractivity contribution in [3.8, 4) is 0 Å². The molecule has 8 aromatic rings. The van der Waals surface area contributed by atoms with Crippen LogP contribution < -0.4 is 20.8 Å². The number of hydrogen-bond donors (Lipinski definition) is 5. The van der Waals surface area contributed by atoms with Crippen LogP contribution in [0.5, 0.6) is 0 Å². The number of sulfonamides is 1. The highest BCUT2D eigenvalue weighted by Gasteiger charge is 2.52. The first-order chi connectivity index (χ1) is 64.9. The zero-order valence-electron chi connectivity index (χ0n) is 77.1. The van der Waals surface area contributed by atoms with E-state index in [-0.39, 0.29) is 127 Å². The molecule has 5 aliphatic rings. The molecule has 7 heterocycles. The average molecular weight is 2070 g/mol. The number of halogens is 1. The van der Waals surface area contributed by atoms with Gasteiger partial charge in [0.05, 0.1) is 57.4 Å². The van der Waals surface area contributed by atoms with Crippen LogP contribution in [0.15, 0.2) is 211 Å². The number of nitrogens with two attached hydrogens (primary N) is 1. The Kier molecular flexibility index (Phi) is 42.4. The molecule has 6 aromatic carbocycles. The molecule has 3 fully saturated rings. The van der Waals surface area contributed by atoms with E-state index in [9.17, 15) is 96.0 Å². The minimum Gasteiger partial charge on any atom is -0.459 e. The van der Waals surface area contributed by atoms with Crippen LogP contribution in [0.2, 0.25) is 5.04 Å². The first kappa shape index (κ1) is 113. The van der Waals surface area contributed by atoms with Gasteiger partial charge in [-0.05, 0) is 139 Å². The van der Waals surface area contributed by atoms with Gasteiger partial charge in [-0.25, -0.2) is 62.8 Å². The molecule has 3 saturated heterocycles. The van der Waals surface area contributed by atoms with Gasteiger partial charge in [-0.3, -0.25) is 48.1 Å². The lowest BCUT2D eigenvalue weighted by atomic mass is 10.0. The second kappa shape index (κ2) is 51.7. The molecule has 46 heteroatoms. The summed E-state index contributed by atoms with van der Waals surface area (Å²) in [6.07, 6.45) is -5.94. The molecule has 8 atom stereocenters. The first-order valence-electron chi connectivity index (χ1n) is 43.0. The molecule has 2 aromatic heterocycles. The van der Waals surface area contributed by atoms with E-state index in [1.807, 2.05) is 79.7 Å². The van der Waals surface area contributed by atoms with Gasteiger partial charge in [-0.15, -0.1) is 22.7 Å². The summed E-state index contributed by atoms with van der Waals surface area (Å²) < 4.78 is 129. The lowest BCUT2D eigenvalue weighted by Crippen LogP contribution is -2.68. The van der Waals surface area contributed by atoms with Gasteiger partial charge in [-0.1, -0.05) is 199 Å². The van der Waals surface area contributed by atoms with Crippen molar-refractivity contribution in [3.63, 3.8) is 0 Å². The molecule has 5 aliphatic heterocycles. The van der Waals surface area contributed by atoms with Crippen LogP contribution in [-0.2, 0) is 106 Å². The number of benzene rings is 6. The van der Waals surface area contributed by atoms with E-state index in [0.29, 0.717) is 57.2 Å². The van der Waals surface area contributed by atoms with Crippen LogP contribution in [0.4, 0.5) is 14.4 Å². The number of carbonyl (C=O) groups is 13. The van der Waals surface area contributed by atoms with E-state index in [2.05, 4.69) is 40.6 Å². The number of amides is 7. The fourth-order valence-corrected chi connectivity index (χ4v) is 32.8. The van der Waals surface area contributed by atoms with Gasteiger partial charge in [-0.2, -0.15) is 4.79 Å². The first-order valence-corrected chi connectivity index (χ1v) is 53.5. The topological polar surface area (TPSA) is 544 Å². The van der Waals surface area contributed by atoms with Gasteiger partial charge >= 0.3 is 36.3 Å². The lowest BCUT2D eigenvalue weighted by molar-refractivity contribution is -0.198. The van der Waals surface area contributed by atoms with E-state index >= 15 is 0 Å². The summed E-state index contributed by atoms with van der Waals surface area (Å²) in [4.78, 5) is 163. The number of ether oxygens (including phenoxy) is 5. The maximum absolute atomic E-state index is 14.2. The van der Waals surface area contributed by atoms with Crippen LogP contribution in [-0.4, -0.2) is 234 Å². The number of fused-ring (bicyclic) bond motifs is 2. The number of aliphatic hydroxyl groups is 3. The summed E-state index contributed by atoms with van der Waals surface area (Å²) in [5, 5.41) is 34.3. The molecule has 0 radical (unpaired) electrons. The third-order valence-corrected chi connectivity index (χ3v) is 40.2. The number of thiophene rings is 2. The van der Waals surface area contributed by atoms with Crippen LogP contribution >= 0.6 is 34.3 Å². The highest BCUT2D eigenvalue weighted by molar-refractivity contribution is 7.97. The fraction of sp³-hybridized carbons (Fsp3) is 0.380. The number of primary sulfonamides is 1. The summed E-state index contributed by atoms with van der Waals surface area (Å²) in [5.74, 6) is -5.45. The molecule has 0 bridgehead atoms. The van der Waals surface area contributed by atoms with E-state index in [1.54, 1.807) is 143 Å². The van der Waals surface area contributed by atoms with Crippen molar-refractivity contribution in [3.05, 3.63) is 228 Å². The Morgan fingerprint density at radius 1 is 0.507 bits per heavy atom. The number of sulfone groups is 3. The van der Waals surface area contributed by atoms with Crippen molar-refractivity contribution in [2.75, 3.05) is 44.9 Å². The second-order valence-electron chi connectivity index (χ2n) is 32.5. The second-order valence-corrected chi connectivity index (χ2v) is 49.4. The fourth-order valence-electron chi connectivity index (χ4n) is 13.7. The van der Waals surface area contributed by atoms with E-state index in [1.165, 1.54) is 31.7 Å². The molecular formula is C92H109ClN6O32S6Si. The van der Waals surface area contributed by atoms with E-state index < -0.39 is 166 Å². The third kappa shape index (κ3) is 31.6. The van der Waals surface area contributed by atoms with Gasteiger partial charge in [0, 0.05) is 62.2 Å². The Morgan fingerprint density at radius 2 is 0.841 bits per heavy atom. The summed E-state index contributed by atoms with van der Waals surface area (Å²) in [6.45, 7) is 19.8. The Bertz CT molecular complexity index is 5940. The van der Waals surface area contributed by atoms with Crippen molar-refractivity contribution in [2.24, 2.45) is 5.14 Å². The molecule has 13 rings (SSSR count). The molecule has 4 unspecified atom stereocenters. The number of esters is 3. The number of imide groups is 3. The van der Waals surface area contributed by atoms with Gasteiger partial charge < -0.3 is 49.2 Å². The van der Waals surface area contributed by atoms with Crippen molar-refractivity contribution >= 4 is 169 Å². The lowest BCUT2D eigenvalue weighted by Gasteiger charge is -2.43. The van der Waals surface area contributed by atoms with Gasteiger partial charge in [0.25, 0.3) is 40.7 Å². The number of rotatable bonds is 26. The van der Waals surface area contributed by atoms with Crippen molar-refractivity contribution in [1.82, 2.24) is 25.4 Å².